The first-order chi connectivity index (χ1) is 8.80. The summed E-state index contributed by atoms with van der Waals surface area (Å²) in [7, 11) is 0. The van der Waals surface area contributed by atoms with Gasteiger partial charge in [-0.05, 0) is 31.4 Å². The van der Waals surface area contributed by atoms with Gasteiger partial charge in [-0.3, -0.25) is 4.99 Å². The highest BCUT2D eigenvalue weighted by molar-refractivity contribution is 14.0. The quantitative estimate of drug-likeness (QED) is 0.408. The van der Waals surface area contributed by atoms with E-state index < -0.39 is 0 Å². The Kier molecular flexibility index (Phi) is 12.3. The molecule has 2 N–H and O–H groups in total. The van der Waals surface area contributed by atoms with Gasteiger partial charge < -0.3 is 10.6 Å². The van der Waals surface area contributed by atoms with Gasteiger partial charge >= 0.3 is 0 Å². The van der Waals surface area contributed by atoms with Crippen molar-refractivity contribution in [2.75, 3.05) is 24.6 Å². The SMILES string of the molecule is CCNC(=NCC(CC)CC)NC1CCCSC1.I. The summed E-state index contributed by atoms with van der Waals surface area (Å²) in [4.78, 5) is 4.73. The molecule has 3 nitrogen and oxygen atoms in total. The van der Waals surface area contributed by atoms with E-state index in [1.165, 1.54) is 37.2 Å². The van der Waals surface area contributed by atoms with E-state index in [4.69, 9.17) is 4.99 Å². The fraction of sp³-hybridized carbons (Fsp3) is 0.929. The van der Waals surface area contributed by atoms with Gasteiger partial charge in [0.05, 0.1) is 0 Å². The predicted molar refractivity (Wildman–Crippen MR) is 98.9 cm³/mol. The number of aliphatic imine (C=N–C) groups is 1. The second kappa shape index (κ2) is 12.1. The van der Waals surface area contributed by atoms with Crippen LogP contribution >= 0.6 is 35.7 Å². The molecule has 1 saturated heterocycles. The molecule has 19 heavy (non-hydrogen) atoms. The van der Waals surface area contributed by atoms with Gasteiger partial charge in [0.15, 0.2) is 5.96 Å². The summed E-state index contributed by atoms with van der Waals surface area (Å²) >= 11 is 2.05. The summed E-state index contributed by atoms with van der Waals surface area (Å²) in [5.74, 6) is 4.27. The summed E-state index contributed by atoms with van der Waals surface area (Å²) in [5, 5.41) is 6.94. The van der Waals surface area contributed by atoms with Crippen molar-refractivity contribution in [1.29, 1.82) is 0 Å². The third-order valence-electron chi connectivity index (χ3n) is 3.51. The van der Waals surface area contributed by atoms with Gasteiger partial charge in [-0.2, -0.15) is 11.8 Å². The average molecular weight is 399 g/mol. The third-order valence-corrected chi connectivity index (χ3v) is 4.72. The zero-order chi connectivity index (χ0) is 13.2. The molecule has 0 radical (unpaired) electrons. The first-order valence-electron chi connectivity index (χ1n) is 7.42. The summed E-state index contributed by atoms with van der Waals surface area (Å²) in [6.07, 6.45) is 5.05. The van der Waals surface area contributed by atoms with Crippen LogP contribution in [0.3, 0.4) is 0 Å². The van der Waals surface area contributed by atoms with Gasteiger partial charge in [0.25, 0.3) is 0 Å². The van der Waals surface area contributed by atoms with Crippen molar-refractivity contribution < 1.29 is 0 Å². The monoisotopic (exact) mass is 399 g/mol. The molecule has 0 aromatic rings. The number of halogens is 1. The molecule has 1 rings (SSSR count). The number of guanidine groups is 1. The lowest BCUT2D eigenvalue weighted by atomic mass is 10.0. The summed E-state index contributed by atoms with van der Waals surface area (Å²) in [6, 6.07) is 0.600. The van der Waals surface area contributed by atoms with Gasteiger partial charge in [-0.1, -0.05) is 26.7 Å². The van der Waals surface area contributed by atoms with Crippen molar-refractivity contribution in [2.24, 2.45) is 10.9 Å². The highest BCUT2D eigenvalue weighted by Crippen LogP contribution is 2.16. The fourth-order valence-corrected chi connectivity index (χ4v) is 3.21. The minimum atomic E-state index is 0. The lowest BCUT2D eigenvalue weighted by Gasteiger charge is -2.25. The molecule has 1 atom stereocenters. The standard InChI is InChI=1S/C14H29N3S.HI/c1-4-12(5-2)10-16-14(15-6-3)17-13-8-7-9-18-11-13;/h12-13H,4-11H2,1-3H3,(H2,15,16,17);1H. The largest absolute Gasteiger partial charge is 0.357 e. The summed E-state index contributed by atoms with van der Waals surface area (Å²) in [5.41, 5.74) is 0. The maximum atomic E-state index is 4.73. The molecule has 0 aliphatic carbocycles. The Morgan fingerprint density at radius 3 is 2.58 bits per heavy atom. The molecule has 5 heteroatoms. The number of rotatable bonds is 6. The Morgan fingerprint density at radius 2 is 2.05 bits per heavy atom. The molecule has 1 fully saturated rings. The molecule has 1 heterocycles. The molecule has 0 bridgehead atoms. The van der Waals surface area contributed by atoms with Gasteiger partial charge in [0, 0.05) is 24.9 Å². The van der Waals surface area contributed by atoms with Crippen LogP contribution in [0.1, 0.15) is 46.5 Å². The van der Waals surface area contributed by atoms with Crippen molar-refractivity contribution in [3.05, 3.63) is 0 Å². The molecule has 0 aromatic heterocycles. The number of hydrogen-bond donors (Lipinski definition) is 2. The Hall–Kier alpha value is 0.350. The maximum absolute atomic E-state index is 4.73. The number of nitrogens with one attached hydrogen (secondary N) is 2. The molecule has 0 amide bonds. The van der Waals surface area contributed by atoms with Gasteiger partial charge in [-0.25, -0.2) is 0 Å². The summed E-state index contributed by atoms with van der Waals surface area (Å²) in [6.45, 7) is 8.52. The van der Waals surface area contributed by atoms with E-state index in [2.05, 4.69) is 43.2 Å². The van der Waals surface area contributed by atoms with Crippen LogP contribution in [0.4, 0.5) is 0 Å². The first-order valence-corrected chi connectivity index (χ1v) is 8.58. The van der Waals surface area contributed by atoms with E-state index in [9.17, 15) is 0 Å². The Morgan fingerprint density at radius 1 is 1.32 bits per heavy atom. The molecule has 1 unspecified atom stereocenters. The van der Waals surface area contributed by atoms with Crippen molar-refractivity contribution in [3.63, 3.8) is 0 Å². The zero-order valence-corrected chi connectivity index (χ0v) is 15.7. The van der Waals surface area contributed by atoms with Gasteiger partial charge in [-0.15, -0.1) is 24.0 Å². The molecular weight excluding hydrogens is 369 g/mol. The lowest BCUT2D eigenvalue weighted by Crippen LogP contribution is -2.45. The number of hydrogen-bond acceptors (Lipinski definition) is 2. The fourth-order valence-electron chi connectivity index (χ4n) is 2.14. The molecule has 0 spiro atoms. The van der Waals surface area contributed by atoms with Crippen LogP contribution in [0.25, 0.3) is 0 Å². The van der Waals surface area contributed by atoms with Crippen molar-refractivity contribution in [3.8, 4) is 0 Å². The molecular formula is C14H30IN3S. The van der Waals surface area contributed by atoms with Crippen LogP contribution in [0.15, 0.2) is 4.99 Å². The van der Waals surface area contributed by atoms with E-state index in [0.29, 0.717) is 6.04 Å². The minimum Gasteiger partial charge on any atom is -0.357 e. The Balaban J connectivity index is 0.00000324. The Bertz CT molecular complexity index is 239. The van der Waals surface area contributed by atoms with Gasteiger partial charge in [0.2, 0.25) is 0 Å². The Labute approximate surface area is 140 Å². The van der Waals surface area contributed by atoms with E-state index in [1.54, 1.807) is 0 Å². The molecule has 0 aromatic carbocycles. The third kappa shape index (κ3) is 8.27. The zero-order valence-electron chi connectivity index (χ0n) is 12.6. The second-order valence-corrected chi connectivity index (χ2v) is 6.11. The van der Waals surface area contributed by atoms with E-state index >= 15 is 0 Å². The van der Waals surface area contributed by atoms with E-state index in [0.717, 1.165) is 25.0 Å². The minimum absolute atomic E-state index is 0. The maximum Gasteiger partial charge on any atom is 0.191 e. The van der Waals surface area contributed by atoms with Crippen LogP contribution in [0.5, 0.6) is 0 Å². The first kappa shape index (κ1) is 19.4. The van der Waals surface area contributed by atoms with Crippen LogP contribution in [-0.2, 0) is 0 Å². The summed E-state index contributed by atoms with van der Waals surface area (Å²) < 4.78 is 0. The molecule has 114 valence electrons. The van der Waals surface area contributed by atoms with E-state index in [1.807, 2.05) is 0 Å². The molecule has 1 aliphatic rings. The van der Waals surface area contributed by atoms with E-state index in [-0.39, 0.29) is 24.0 Å². The van der Waals surface area contributed by atoms with Crippen LogP contribution in [-0.4, -0.2) is 36.6 Å². The topological polar surface area (TPSA) is 36.4 Å². The van der Waals surface area contributed by atoms with Crippen molar-refractivity contribution in [1.82, 2.24) is 10.6 Å². The average Bonchev–Trinajstić information content (AvgIpc) is 2.41. The number of nitrogens with zero attached hydrogens (tertiary/aromatic N) is 1. The highest BCUT2D eigenvalue weighted by atomic mass is 127. The second-order valence-electron chi connectivity index (χ2n) is 4.96. The predicted octanol–water partition coefficient (Wildman–Crippen LogP) is 3.49. The van der Waals surface area contributed by atoms with Gasteiger partial charge in [0.1, 0.15) is 0 Å². The van der Waals surface area contributed by atoms with Crippen molar-refractivity contribution in [2.45, 2.75) is 52.5 Å². The van der Waals surface area contributed by atoms with Crippen LogP contribution < -0.4 is 10.6 Å². The van der Waals surface area contributed by atoms with Crippen molar-refractivity contribution >= 4 is 41.7 Å². The van der Waals surface area contributed by atoms with Crippen LogP contribution in [0.2, 0.25) is 0 Å². The molecule has 1 aliphatic heterocycles. The van der Waals surface area contributed by atoms with Crippen LogP contribution in [0, 0.1) is 5.92 Å². The number of thioether (sulfide) groups is 1. The lowest BCUT2D eigenvalue weighted by molar-refractivity contribution is 0.501. The molecule has 0 saturated carbocycles. The highest BCUT2D eigenvalue weighted by Gasteiger charge is 2.14. The normalized spacial score (nSPS) is 20.0. The smallest absolute Gasteiger partial charge is 0.191 e.